The van der Waals surface area contributed by atoms with E-state index in [1.165, 1.54) is 0 Å². The molecule has 0 bridgehead atoms. The molecular weight excluding hydrogens is 218 g/mol. The van der Waals surface area contributed by atoms with E-state index < -0.39 is 0 Å². The Morgan fingerprint density at radius 3 is 2.59 bits per heavy atom. The maximum absolute atomic E-state index is 11.6. The molecule has 0 aliphatic carbocycles. The summed E-state index contributed by atoms with van der Waals surface area (Å²) in [6.07, 6.45) is 2.26. The van der Waals surface area contributed by atoms with Gasteiger partial charge in [-0.25, -0.2) is 0 Å². The van der Waals surface area contributed by atoms with Crippen molar-refractivity contribution in [3.8, 4) is 0 Å². The summed E-state index contributed by atoms with van der Waals surface area (Å²) >= 11 is 0. The topological polar surface area (TPSA) is 70.2 Å². The van der Waals surface area contributed by atoms with Crippen LogP contribution in [0.4, 0.5) is 0 Å². The van der Waals surface area contributed by atoms with E-state index in [-0.39, 0.29) is 23.4 Å². The molecule has 1 heterocycles. The molecule has 5 nitrogen and oxygen atoms in total. The zero-order chi connectivity index (χ0) is 12.9. The van der Waals surface area contributed by atoms with E-state index in [4.69, 9.17) is 0 Å². The predicted molar refractivity (Wildman–Crippen MR) is 66.5 cm³/mol. The first-order chi connectivity index (χ1) is 7.88. The van der Waals surface area contributed by atoms with Crippen LogP contribution in [0.15, 0.2) is 0 Å². The van der Waals surface area contributed by atoms with Crippen LogP contribution in [0.2, 0.25) is 0 Å². The molecule has 98 valence electrons. The summed E-state index contributed by atoms with van der Waals surface area (Å²) in [5.41, 5.74) is -0.214. The number of carbonyl (C=O) groups excluding carboxylic acids is 2. The molecule has 0 aromatic rings. The predicted octanol–water partition coefficient (Wildman–Crippen LogP) is 0.159. The Kier molecular flexibility index (Phi) is 4.93. The van der Waals surface area contributed by atoms with Crippen LogP contribution in [0, 0.1) is 0 Å². The lowest BCUT2D eigenvalue weighted by molar-refractivity contribution is -0.123. The quantitative estimate of drug-likeness (QED) is 0.656. The van der Waals surface area contributed by atoms with Crippen molar-refractivity contribution in [3.63, 3.8) is 0 Å². The van der Waals surface area contributed by atoms with Gasteiger partial charge in [0.2, 0.25) is 11.8 Å². The van der Waals surface area contributed by atoms with E-state index >= 15 is 0 Å². The van der Waals surface area contributed by atoms with Gasteiger partial charge in [0.15, 0.2) is 0 Å². The van der Waals surface area contributed by atoms with E-state index in [1.54, 1.807) is 0 Å². The van der Waals surface area contributed by atoms with Gasteiger partial charge in [-0.2, -0.15) is 0 Å². The van der Waals surface area contributed by atoms with Gasteiger partial charge in [0.05, 0.1) is 6.04 Å². The fourth-order valence-electron chi connectivity index (χ4n) is 1.81. The standard InChI is InChI=1S/C12H23N3O2/c1-12(2,3)15-10(16)6-8-14-11(17)9-5-4-7-13-9/h9,13H,4-8H2,1-3H3,(H,14,17)(H,15,16)/t9-/m0/s1. The molecule has 5 heteroatoms. The second-order valence-electron chi connectivity index (χ2n) is 5.49. The maximum Gasteiger partial charge on any atom is 0.237 e. The minimum absolute atomic E-state index is 0.00561. The zero-order valence-corrected chi connectivity index (χ0v) is 10.9. The fraction of sp³-hybridized carbons (Fsp3) is 0.833. The minimum Gasteiger partial charge on any atom is -0.354 e. The highest BCUT2D eigenvalue weighted by molar-refractivity contribution is 5.83. The molecule has 17 heavy (non-hydrogen) atoms. The highest BCUT2D eigenvalue weighted by atomic mass is 16.2. The number of hydrogen-bond acceptors (Lipinski definition) is 3. The number of amides is 2. The van der Waals surface area contributed by atoms with Crippen LogP contribution in [-0.4, -0.2) is 36.5 Å². The van der Waals surface area contributed by atoms with Gasteiger partial charge in [-0.3, -0.25) is 9.59 Å². The third-order valence-electron chi connectivity index (χ3n) is 2.54. The SMILES string of the molecule is CC(C)(C)NC(=O)CCNC(=O)[C@@H]1CCCN1. The molecule has 3 N–H and O–H groups in total. The number of rotatable bonds is 4. The molecule has 1 rings (SSSR count). The Hall–Kier alpha value is -1.10. The van der Waals surface area contributed by atoms with Crippen molar-refractivity contribution in [2.45, 2.75) is 51.6 Å². The molecule has 0 saturated carbocycles. The van der Waals surface area contributed by atoms with Crippen molar-refractivity contribution in [1.29, 1.82) is 0 Å². The summed E-state index contributed by atoms with van der Waals surface area (Å²) in [7, 11) is 0. The third-order valence-corrected chi connectivity index (χ3v) is 2.54. The molecule has 1 fully saturated rings. The van der Waals surface area contributed by atoms with Gasteiger partial charge in [0.1, 0.15) is 0 Å². The average Bonchev–Trinajstić information content (AvgIpc) is 2.66. The Balaban J connectivity index is 2.14. The molecule has 1 aliphatic heterocycles. The molecule has 1 aliphatic rings. The summed E-state index contributed by atoms with van der Waals surface area (Å²) in [5, 5.41) is 8.76. The molecule has 0 radical (unpaired) electrons. The van der Waals surface area contributed by atoms with Crippen molar-refractivity contribution in [2.75, 3.05) is 13.1 Å². The summed E-state index contributed by atoms with van der Waals surface area (Å²) in [4.78, 5) is 23.1. The van der Waals surface area contributed by atoms with E-state index in [2.05, 4.69) is 16.0 Å². The molecule has 0 unspecified atom stereocenters. The van der Waals surface area contributed by atoms with Crippen LogP contribution in [-0.2, 0) is 9.59 Å². The van der Waals surface area contributed by atoms with Gasteiger partial charge >= 0.3 is 0 Å². The Morgan fingerprint density at radius 2 is 2.06 bits per heavy atom. The lowest BCUT2D eigenvalue weighted by Gasteiger charge is -2.20. The first-order valence-corrected chi connectivity index (χ1v) is 6.20. The summed E-state index contributed by atoms with van der Waals surface area (Å²) in [6.45, 7) is 7.12. The van der Waals surface area contributed by atoms with Gasteiger partial charge in [-0.05, 0) is 40.2 Å². The van der Waals surface area contributed by atoms with Crippen LogP contribution in [0.5, 0.6) is 0 Å². The molecule has 2 amide bonds. The Labute approximate surface area is 103 Å². The van der Waals surface area contributed by atoms with Crippen LogP contribution in [0.25, 0.3) is 0 Å². The first kappa shape index (κ1) is 14.0. The normalized spacial score (nSPS) is 20.1. The number of nitrogens with one attached hydrogen (secondary N) is 3. The van der Waals surface area contributed by atoms with Crippen molar-refractivity contribution in [2.24, 2.45) is 0 Å². The second kappa shape index (κ2) is 6.00. The van der Waals surface area contributed by atoms with E-state index in [9.17, 15) is 9.59 Å². The van der Waals surface area contributed by atoms with Crippen LogP contribution in [0.3, 0.4) is 0 Å². The second-order valence-corrected chi connectivity index (χ2v) is 5.49. The minimum atomic E-state index is -0.214. The lowest BCUT2D eigenvalue weighted by atomic mass is 10.1. The van der Waals surface area contributed by atoms with Gasteiger partial charge < -0.3 is 16.0 Å². The molecular formula is C12H23N3O2. The Morgan fingerprint density at radius 1 is 1.35 bits per heavy atom. The first-order valence-electron chi connectivity index (χ1n) is 6.20. The average molecular weight is 241 g/mol. The van der Waals surface area contributed by atoms with Crippen molar-refractivity contribution in [3.05, 3.63) is 0 Å². The highest BCUT2D eigenvalue weighted by Crippen LogP contribution is 2.04. The summed E-state index contributed by atoms with van der Waals surface area (Å²) in [6, 6.07) is -0.0688. The van der Waals surface area contributed by atoms with Gasteiger partial charge in [-0.1, -0.05) is 0 Å². The van der Waals surface area contributed by atoms with Crippen molar-refractivity contribution < 1.29 is 9.59 Å². The molecule has 0 aromatic heterocycles. The van der Waals surface area contributed by atoms with E-state index in [0.29, 0.717) is 13.0 Å². The maximum atomic E-state index is 11.6. The molecule has 1 atom stereocenters. The van der Waals surface area contributed by atoms with Crippen LogP contribution in [0.1, 0.15) is 40.0 Å². The van der Waals surface area contributed by atoms with Gasteiger partial charge in [0.25, 0.3) is 0 Å². The summed E-state index contributed by atoms with van der Waals surface area (Å²) < 4.78 is 0. The highest BCUT2D eigenvalue weighted by Gasteiger charge is 2.21. The smallest absolute Gasteiger partial charge is 0.237 e. The van der Waals surface area contributed by atoms with E-state index in [1.807, 2.05) is 20.8 Å². The molecule has 0 aromatic carbocycles. The van der Waals surface area contributed by atoms with Crippen LogP contribution < -0.4 is 16.0 Å². The zero-order valence-electron chi connectivity index (χ0n) is 10.9. The lowest BCUT2D eigenvalue weighted by Crippen LogP contribution is -2.44. The van der Waals surface area contributed by atoms with Crippen molar-refractivity contribution >= 4 is 11.8 Å². The number of hydrogen-bond donors (Lipinski definition) is 3. The largest absolute Gasteiger partial charge is 0.354 e. The van der Waals surface area contributed by atoms with Gasteiger partial charge in [0, 0.05) is 18.5 Å². The summed E-state index contributed by atoms with van der Waals surface area (Å²) in [5.74, 6) is -0.0248. The van der Waals surface area contributed by atoms with Gasteiger partial charge in [-0.15, -0.1) is 0 Å². The van der Waals surface area contributed by atoms with Crippen LogP contribution >= 0.6 is 0 Å². The Bertz CT molecular complexity index is 278. The number of carbonyl (C=O) groups is 2. The van der Waals surface area contributed by atoms with Crippen molar-refractivity contribution in [1.82, 2.24) is 16.0 Å². The fourth-order valence-corrected chi connectivity index (χ4v) is 1.81. The molecule has 0 spiro atoms. The monoisotopic (exact) mass is 241 g/mol. The molecule has 1 saturated heterocycles. The van der Waals surface area contributed by atoms with E-state index in [0.717, 1.165) is 19.4 Å². The third kappa shape index (κ3) is 5.68.